The van der Waals surface area contributed by atoms with Gasteiger partial charge in [-0.3, -0.25) is 0 Å². The minimum absolute atomic E-state index is 0.751. The van der Waals surface area contributed by atoms with E-state index in [1.54, 1.807) is 0 Å². The van der Waals surface area contributed by atoms with Crippen molar-refractivity contribution in [2.24, 2.45) is 0 Å². The van der Waals surface area contributed by atoms with Gasteiger partial charge in [-0.2, -0.15) is 5.26 Å². The fourth-order valence-corrected chi connectivity index (χ4v) is 1.21. The van der Waals surface area contributed by atoms with Crippen molar-refractivity contribution in [1.82, 2.24) is 4.90 Å². The molecule has 0 atom stereocenters. The van der Waals surface area contributed by atoms with Crippen LogP contribution in [0.3, 0.4) is 0 Å². The van der Waals surface area contributed by atoms with E-state index >= 15 is 0 Å². The molecule has 2 heteroatoms. The van der Waals surface area contributed by atoms with Gasteiger partial charge in [-0.25, -0.2) is 0 Å². The Labute approximate surface area is 93.9 Å². The number of hydrogen-bond donors (Lipinski definition) is 0. The molecular weight excluding hydrogens is 184 g/mol. The van der Waals surface area contributed by atoms with Crippen molar-refractivity contribution in [1.29, 1.82) is 5.26 Å². The molecule has 0 rings (SSSR count). The highest BCUT2D eigenvalue weighted by Gasteiger charge is 1.92. The first-order valence-corrected chi connectivity index (χ1v) is 5.66. The molecule has 0 saturated carbocycles. The fraction of sp³-hybridized carbons (Fsp3) is 0.615. The Balaban J connectivity index is 3.51. The first kappa shape index (κ1) is 13.9. The molecule has 0 aromatic rings. The lowest BCUT2D eigenvalue weighted by molar-refractivity contribution is 0.344. The lowest BCUT2D eigenvalue weighted by Crippen LogP contribution is -2.18. The van der Waals surface area contributed by atoms with Gasteiger partial charge in [-0.15, -0.1) is 0 Å². The molecule has 0 unspecified atom stereocenters. The lowest BCUT2D eigenvalue weighted by atomic mass is 10.2. The Morgan fingerprint density at radius 1 is 1.40 bits per heavy atom. The van der Waals surface area contributed by atoms with Crippen LogP contribution in [0.4, 0.5) is 0 Å². The zero-order valence-corrected chi connectivity index (χ0v) is 10.2. The summed E-state index contributed by atoms with van der Waals surface area (Å²) >= 11 is 0. The molecule has 0 aromatic heterocycles. The van der Waals surface area contributed by atoms with E-state index in [9.17, 15) is 0 Å². The summed E-state index contributed by atoms with van der Waals surface area (Å²) in [5.41, 5.74) is 0.751. The van der Waals surface area contributed by atoms with Gasteiger partial charge in [0.25, 0.3) is 0 Å². The van der Waals surface area contributed by atoms with Crippen LogP contribution in [0, 0.1) is 11.3 Å². The van der Waals surface area contributed by atoms with Crippen LogP contribution in [0.2, 0.25) is 0 Å². The molecule has 15 heavy (non-hydrogen) atoms. The molecule has 0 aliphatic carbocycles. The molecule has 0 N–H and O–H groups in total. The Bertz CT molecular complexity index is 246. The van der Waals surface area contributed by atoms with Crippen LogP contribution in [0.1, 0.15) is 33.1 Å². The molecule has 0 saturated heterocycles. The largest absolute Gasteiger partial charge is 0.307 e. The van der Waals surface area contributed by atoms with Crippen molar-refractivity contribution in [2.75, 3.05) is 20.1 Å². The van der Waals surface area contributed by atoms with Crippen molar-refractivity contribution < 1.29 is 0 Å². The summed E-state index contributed by atoms with van der Waals surface area (Å²) in [5, 5.41) is 8.66. The first-order chi connectivity index (χ1) is 7.24. The average Bonchev–Trinajstić information content (AvgIpc) is 2.28. The molecule has 0 spiro atoms. The van der Waals surface area contributed by atoms with Gasteiger partial charge < -0.3 is 4.90 Å². The number of allylic oxidation sites excluding steroid dienone is 4. The Morgan fingerprint density at radius 2 is 2.13 bits per heavy atom. The summed E-state index contributed by atoms with van der Waals surface area (Å²) in [6.07, 6.45) is 9.32. The number of nitrogens with zero attached hydrogens (tertiary/aromatic N) is 2. The van der Waals surface area contributed by atoms with Gasteiger partial charge in [0.1, 0.15) is 0 Å². The number of unbranched alkanes of at least 4 members (excludes halogenated alkanes) is 2. The van der Waals surface area contributed by atoms with Crippen LogP contribution in [0.25, 0.3) is 0 Å². The second-order valence-electron chi connectivity index (χ2n) is 3.65. The minimum Gasteiger partial charge on any atom is -0.307 e. The van der Waals surface area contributed by atoms with Crippen LogP contribution in [0.15, 0.2) is 23.8 Å². The quantitative estimate of drug-likeness (QED) is 0.363. The van der Waals surface area contributed by atoms with Gasteiger partial charge in [0.2, 0.25) is 0 Å². The molecular formula is C13H22N2. The van der Waals surface area contributed by atoms with Gasteiger partial charge in [-0.05, 0) is 52.4 Å². The maximum atomic E-state index is 8.66. The van der Waals surface area contributed by atoms with Gasteiger partial charge in [-0.1, -0.05) is 19.1 Å². The van der Waals surface area contributed by atoms with Crippen molar-refractivity contribution in [3.63, 3.8) is 0 Å². The second-order valence-corrected chi connectivity index (χ2v) is 3.65. The summed E-state index contributed by atoms with van der Waals surface area (Å²) < 4.78 is 0. The topological polar surface area (TPSA) is 27.0 Å². The van der Waals surface area contributed by atoms with E-state index in [-0.39, 0.29) is 0 Å². The normalized spacial score (nSPS) is 12.3. The summed E-state index contributed by atoms with van der Waals surface area (Å²) in [7, 11) is 2.14. The predicted octanol–water partition coefficient (Wildman–Crippen LogP) is 3.13. The Kier molecular flexibility index (Phi) is 8.81. The van der Waals surface area contributed by atoms with Gasteiger partial charge in [0.05, 0.1) is 6.07 Å². The zero-order chi connectivity index (χ0) is 11.5. The van der Waals surface area contributed by atoms with Crippen molar-refractivity contribution >= 4 is 0 Å². The predicted molar refractivity (Wildman–Crippen MR) is 65.5 cm³/mol. The van der Waals surface area contributed by atoms with E-state index in [0.29, 0.717) is 0 Å². The highest BCUT2D eigenvalue weighted by atomic mass is 15.1. The molecule has 0 bridgehead atoms. The third-order valence-corrected chi connectivity index (χ3v) is 2.44. The van der Waals surface area contributed by atoms with Crippen molar-refractivity contribution in [3.8, 4) is 6.07 Å². The van der Waals surface area contributed by atoms with E-state index in [2.05, 4.69) is 31.0 Å². The summed E-state index contributed by atoms with van der Waals surface area (Å²) in [5.74, 6) is 0. The second kappa shape index (κ2) is 9.48. The van der Waals surface area contributed by atoms with Gasteiger partial charge in [0, 0.05) is 5.57 Å². The van der Waals surface area contributed by atoms with Crippen molar-refractivity contribution in [3.05, 3.63) is 23.8 Å². The Morgan fingerprint density at radius 3 is 2.67 bits per heavy atom. The van der Waals surface area contributed by atoms with Crippen LogP contribution in [0.5, 0.6) is 0 Å². The van der Waals surface area contributed by atoms with Crippen LogP contribution >= 0.6 is 0 Å². The van der Waals surface area contributed by atoms with E-state index in [0.717, 1.165) is 18.5 Å². The summed E-state index contributed by atoms with van der Waals surface area (Å²) in [6, 6.07) is 2.14. The van der Waals surface area contributed by atoms with E-state index in [4.69, 9.17) is 5.26 Å². The highest BCUT2D eigenvalue weighted by molar-refractivity contribution is 5.31. The third kappa shape index (κ3) is 7.96. The molecule has 84 valence electrons. The molecule has 0 radical (unpaired) electrons. The standard InChI is InChI=1S/C13H22N2/c1-4-13(12-14)10-8-6-7-9-11-15(3)5-2/h4,8,10H,5-7,9,11H2,1-3H3/b10-8-,13-4+. The number of rotatable bonds is 7. The average molecular weight is 206 g/mol. The molecule has 0 aliphatic heterocycles. The van der Waals surface area contributed by atoms with E-state index in [1.165, 1.54) is 19.4 Å². The van der Waals surface area contributed by atoms with Gasteiger partial charge in [0.15, 0.2) is 0 Å². The maximum Gasteiger partial charge on any atom is 0.0987 e. The molecule has 0 amide bonds. The minimum atomic E-state index is 0.751. The van der Waals surface area contributed by atoms with Crippen LogP contribution in [-0.4, -0.2) is 25.0 Å². The van der Waals surface area contributed by atoms with Crippen LogP contribution < -0.4 is 0 Å². The summed E-state index contributed by atoms with van der Waals surface area (Å²) in [6.45, 7) is 6.34. The lowest BCUT2D eigenvalue weighted by Gasteiger charge is -2.12. The summed E-state index contributed by atoms with van der Waals surface area (Å²) in [4.78, 5) is 2.32. The van der Waals surface area contributed by atoms with E-state index < -0.39 is 0 Å². The maximum absolute atomic E-state index is 8.66. The number of hydrogen-bond acceptors (Lipinski definition) is 2. The molecule has 0 aromatic carbocycles. The molecule has 0 fully saturated rings. The molecule has 2 nitrogen and oxygen atoms in total. The smallest absolute Gasteiger partial charge is 0.0987 e. The molecule has 0 heterocycles. The molecule has 0 aliphatic rings. The zero-order valence-electron chi connectivity index (χ0n) is 10.2. The number of nitriles is 1. The highest BCUT2D eigenvalue weighted by Crippen LogP contribution is 2.01. The van der Waals surface area contributed by atoms with Gasteiger partial charge >= 0.3 is 0 Å². The van der Waals surface area contributed by atoms with E-state index in [1.807, 2.05) is 19.1 Å². The fourth-order valence-electron chi connectivity index (χ4n) is 1.21. The van der Waals surface area contributed by atoms with Crippen LogP contribution in [-0.2, 0) is 0 Å². The first-order valence-electron chi connectivity index (χ1n) is 5.66. The third-order valence-electron chi connectivity index (χ3n) is 2.44. The SMILES string of the molecule is C/C=C(C#N)\C=C/CCCCN(C)CC. The monoisotopic (exact) mass is 206 g/mol. The van der Waals surface area contributed by atoms with Crippen molar-refractivity contribution in [2.45, 2.75) is 33.1 Å². The Hall–Kier alpha value is -1.07.